The van der Waals surface area contributed by atoms with E-state index in [4.69, 9.17) is 13.9 Å². The minimum absolute atomic E-state index is 0.144. The molecule has 2 aliphatic rings. The van der Waals surface area contributed by atoms with Gasteiger partial charge in [0.1, 0.15) is 5.76 Å². The van der Waals surface area contributed by atoms with Crippen molar-refractivity contribution in [2.45, 2.75) is 6.54 Å². The van der Waals surface area contributed by atoms with E-state index in [-0.39, 0.29) is 31.7 Å². The predicted octanol–water partition coefficient (Wildman–Crippen LogP) is 1.97. The first-order chi connectivity index (χ1) is 14.2. The third-order valence-electron chi connectivity index (χ3n) is 4.81. The van der Waals surface area contributed by atoms with Gasteiger partial charge in [-0.15, -0.1) is 11.3 Å². The second-order valence-corrected chi connectivity index (χ2v) is 7.68. The molecule has 2 aliphatic heterocycles. The number of rotatable bonds is 5. The zero-order valence-corrected chi connectivity index (χ0v) is 16.1. The van der Waals surface area contributed by atoms with Gasteiger partial charge in [0.25, 0.3) is 11.8 Å². The topological polar surface area (TPSA) is 81.3 Å². The molecule has 1 unspecified atom stereocenters. The number of benzene rings is 1. The van der Waals surface area contributed by atoms with E-state index in [0.29, 0.717) is 27.5 Å². The fourth-order valence-electron chi connectivity index (χ4n) is 3.40. The van der Waals surface area contributed by atoms with Gasteiger partial charge in [0.15, 0.2) is 11.5 Å². The molecule has 5 rings (SSSR count). The smallest absolute Gasteiger partial charge is 0.264 e. The molecular formula is C21H16N2O5S. The van der Waals surface area contributed by atoms with Crippen LogP contribution in [0.2, 0.25) is 0 Å². The Balaban J connectivity index is 1.46. The molecule has 2 amide bonds. The predicted molar refractivity (Wildman–Crippen MR) is 104 cm³/mol. The van der Waals surface area contributed by atoms with Gasteiger partial charge in [-0.25, -0.2) is 4.99 Å². The molecule has 146 valence electrons. The number of hydrogen-bond donors (Lipinski definition) is 0. The van der Waals surface area contributed by atoms with Crippen LogP contribution >= 0.6 is 11.3 Å². The first-order valence-electron chi connectivity index (χ1n) is 9.06. The number of thiophene rings is 1. The summed E-state index contributed by atoms with van der Waals surface area (Å²) in [6.07, 6.45) is 3.40. The van der Waals surface area contributed by atoms with E-state index in [9.17, 15) is 9.59 Å². The van der Waals surface area contributed by atoms with Crippen LogP contribution in [0.3, 0.4) is 0 Å². The molecule has 0 N–H and O–H groups in total. The van der Waals surface area contributed by atoms with E-state index >= 15 is 0 Å². The van der Waals surface area contributed by atoms with Crippen LogP contribution in [0.15, 0.2) is 57.5 Å². The third kappa shape index (κ3) is 3.42. The maximum atomic E-state index is 13.0. The van der Waals surface area contributed by atoms with Gasteiger partial charge < -0.3 is 18.8 Å². The molecule has 3 aromatic rings. The molecule has 0 aliphatic carbocycles. The summed E-state index contributed by atoms with van der Waals surface area (Å²) in [5.74, 6) is 0.874. The number of amides is 2. The molecule has 0 saturated heterocycles. The highest BCUT2D eigenvalue weighted by Crippen LogP contribution is 2.28. The summed E-state index contributed by atoms with van der Waals surface area (Å²) in [4.78, 5) is 32.1. The number of carbonyl (C=O) groups is 2. The van der Waals surface area contributed by atoms with Crippen molar-refractivity contribution in [1.29, 1.82) is 0 Å². The largest absolute Gasteiger partial charge is 0.467 e. The van der Waals surface area contributed by atoms with E-state index in [0.717, 1.165) is 5.22 Å². The van der Waals surface area contributed by atoms with Gasteiger partial charge in [-0.3, -0.25) is 9.59 Å². The molecule has 4 heterocycles. The Labute approximate surface area is 169 Å². The summed E-state index contributed by atoms with van der Waals surface area (Å²) >= 11 is 1.37. The van der Waals surface area contributed by atoms with Gasteiger partial charge in [-0.2, -0.15) is 0 Å². The highest BCUT2D eigenvalue weighted by atomic mass is 32.1. The fourth-order valence-corrected chi connectivity index (χ4v) is 4.09. The summed E-state index contributed by atoms with van der Waals surface area (Å²) in [5, 5.41) is 3.20. The lowest BCUT2D eigenvalue weighted by Crippen LogP contribution is -2.40. The minimum atomic E-state index is -0.554. The zero-order valence-electron chi connectivity index (χ0n) is 15.2. The lowest BCUT2D eigenvalue weighted by Gasteiger charge is -2.24. The Morgan fingerprint density at radius 3 is 2.83 bits per heavy atom. The highest BCUT2D eigenvalue weighted by Gasteiger charge is 2.27. The molecule has 0 saturated carbocycles. The fraction of sp³-hybridized carbons (Fsp3) is 0.190. The van der Waals surface area contributed by atoms with Crippen molar-refractivity contribution in [1.82, 2.24) is 4.90 Å². The van der Waals surface area contributed by atoms with Crippen molar-refractivity contribution in [2.75, 3.05) is 13.3 Å². The van der Waals surface area contributed by atoms with Crippen molar-refractivity contribution in [3.8, 4) is 11.5 Å². The molecule has 2 aromatic heterocycles. The first-order valence-corrected chi connectivity index (χ1v) is 9.94. The highest BCUT2D eigenvalue weighted by molar-refractivity contribution is 7.12. The summed E-state index contributed by atoms with van der Waals surface area (Å²) in [5.41, 5.74) is 0. The molecule has 1 atom stereocenters. The number of hydrogen-bond acceptors (Lipinski definition) is 6. The van der Waals surface area contributed by atoms with E-state index in [2.05, 4.69) is 4.99 Å². The Kier molecular flexibility index (Phi) is 4.40. The molecule has 0 fully saturated rings. The summed E-state index contributed by atoms with van der Waals surface area (Å²) < 4.78 is 16.2. The maximum Gasteiger partial charge on any atom is 0.264 e. The van der Waals surface area contributed by atoms with Gasteiger partial charge in [-0.1, -0.05) is 12.1 Å². The average Bonchev–Trinajstić information content (AvgIpc) is 3.48. The first kappa shape index (κ1) is 17.7. The monoisotopic (exact) mass is 408 g/mol. The van der Waals surface area contributed by atoms with Gasteiger partial charge in [0.2, 0.25) is 6.79 Å². The van der Waals surface area contributed by atoms with E-state index < -0.39 is 5.92 Å². The molecule has 0 radical (unpaired) electrons. The Morgan fingerprint density at radius 2 is 2.07 bits per heavy atom. The molecule has 0 spiro atoms. The maximum absolute atomic E-state index is 13.0. The summed E-state index contributed by atoms with van der Waals surface area (Å²) in [6, 6.07) is 10.7. The van der Waals surface area contributed by atoms with Gasteiger partial charge in [0.05, 0.1) is 29.0 Å². The van der Waals surface area contributed by atoms with Crippen molar-refractivity contribution >= 4 is 29.2 Å². The van der Waals surface area contributed by atoms with E-state index in [1.54, 1.807) is 35.4 Å². The van der Waals surface area contributed by atoms with Crippen molar-refractivity contribution in [2.24, 2.45) is 10.9 Å². The normalized spacial score (nSPS) is 16.7. The van der Waals surface area contributed by atoms with Crippen LogP contribution in [-0.2, 0) is 11.3 Å². The Bertz CT molecular complexity index is 1180. The number of fused-ring (bicyclic) bond motifs is 2. The standard InChI is InChI=1S/C21H16N2O5S/c24-20-14(7-13-8-17-18(28-12-27-17)9-16(13)22-20)10-23(11-15-3-1-5-26-15)21(25)19-4-2-6-29-19/h1-9,14H,10-12H2. The number of carbonyl (C=O) groups excluding carboxylic acids is 2. The molecule has 0 bridgehead atoms. The molecule has 29 heavy (non-hydrogen) atoms. The van der Waals surface area contributed by atoms with E-state index in [1.165, 1.54) is 11.3 Å². The average molecular weight is 408 g/mol. The molecule has 1 aromatic carbocycles. The Hall–Kier alpha value is -3.39. The zero-order chi connectivity index (χ0) is 19.8. The van der Waals surface area contributed by atoms with Crippen LogP contribution in [0.4, 0.5) is 0 Å². The van der Waals surface area contributed by atoms with Gasteiger partial charge >= 0.3 is 0 Å². The molecule has 8 heteroatoms. The molecule has 7 nitrogen and oxygen atoms in total. The van der Waals surface area contributed by atoms with Crippen molar-refractivity contribution < 1.29 is 23.5 Å². The quantitative estimate of drug-likeness (QED) is 0.645. The van der Waals surface area contributed by atoms with Crippen LogP contribution in [0.1, 0.15) is 15.4 Å². The second-order valence-electron chi connectivity index (χ2n) is 6.73. The number of furan rings is 1. The Morgan fingerprint density at radius 1 is 1.21 bits per heavy atom. The van der Waals surface area contributed by atoms with Gasteiger partial charge in [0, 0.05) is 17.8 Å². The summed E-state index contributed by atoms with van der Waals surface area (Å²) in [6.45, 7) is 0.630. The van der Waals surface area contributed by atoms with E-state index in [1.807, 2.05) is 23.6 Å². The van der Waals surface area contributed by atoms with Crippen LogP contribution in [0.5, 0.6) is 11.5 Å². The van der Waals surface area contributed by atoms with Crippen LogP contribution < -0.4 is 20.0 Å². The van der Waals surface area contributed by atoms with Crippen LogP contribution in [0, 0.1) is 5.92 Å². The second kappa shape index (κ2) is 7.21. The summed E-state index contributed by atoms with van der Waals surface area (Å²) in [7, 11) is 0. The lowest BCUT2D eigenvalue weighted by molar-refractivity contribution is -0.120. The van der Waals surface area contributed by atoms with Gasteiger partial charge in [-0.05, 0) is 29.6 Å². The third-order valence-corrected chi connectivity index (χ3v) is 5.67. The SMILES string of the molecule is O=C1N=c2cc3c(cc2=CC1CN(Cc1ccco1)C(=O)c1cccs1)OCO3. The van der Waals surface area contributed by atoms with Crippen LogP contribution in [-0.4, -0.2) is 30.1 Å². The van der Waals surface area contributed by atoms with Crippen molar-refractivity contribution in [3.05, 3.63) is 69.3 Å². The number of nitrogens with zero attached hydrogens (tertiary/aromatic N) is 2. The lowest BCUT2D eigenvalue weighted by atomic mass is 10.0. The molecular weight excluding hydrogens is 392 g/mol. The number of ether oxygens (including phenoxy) is 2. The van der Waals surface area contributed by atoms with Crippen molar-refractivity contribution in [3.63, 3.8) is 0 Å². The van der Waals surface area contributed by atoms with Crippen LogP contribution in [0.25, 0.3) is 6.08 Å². The minimum Gasteiger partial charge on any atom is -0.467 e.